The number of benzene rings is 1. The van der Waals surface area contributed by atoms with E-state index in [4.69, 9.17) is 9.47 Å². The van der Waals surface area contributed by atoms with Crippen molar-refractivity contribution < 1.29 is 33.7 Å². The van der Waals surface area contributed by atoms with Crippen molar-refractivity contribution in [2.75, 3.05) is 27.4 Å². The Morgan fingerprint density at radius 1 is 1.24 bits per heavy atom. The molecule has 0 spiro atoms. The zero-order chi connectivity index (χ0) is 23.7. The lowest BCUT2D eigenvalue weighted by atomic mass is 9.69. The molecule has 1 aromatic carbocycles. The number of methoxy groups -OCH3 is 2. The van der Waals surface area contributed by atoms with Crippen LogP contribution < -0.4 is 0 Å². The molecule has 4 atom stereocenters. The normalized spacial score (nSPS) is 27.1. The summed E-state index contributed by atoms with van der Waals surface area (Å²) in [7, 11) is 2.76. The predicted octanol–water partition coefficient (Wildman–Crippen LogP) is 3.31. The fourth-order valence-corrected chi connectivity index (χ4v) is 5.38. The molecule has 0 radical (unpaired) electrons. The third kappa shape index (κ3) is 4.32. The van der Waals surface area contributed by atoms with Crippen LogP contribution in [0.1, 0.15) is 31.7 Å². The number of carbonyl (C=O) groups is 3. The highest BCUT2D eigenvalue weighted by Gasteiger charge is 2.58. The Labute approximate surface area is 192 Å². The Kier molecular flexibility index (Phi) is 6.67. The van der Waals surface area contributed by atoms with E-state index in [1.54, 1.807) is 25.3 Å². The second-order valence-corrected chi connectivity index (χ2v) is 8.86. The number of aromatic hydroxyl groups is 1. The van der Waals surface area contributed by atoms with Crippen LogP contribution in [-0.2, 0) is 23.8 Å². The molecule has 8 heteroatoms. The van der Waals surface area contributed by atoms with Crippen molar-refractivity contribution in [3.63, 3.8) is 0 Å². The van der Waals surface area contributed by atoms with E-state index in [0.29, 0.717) is 24.5 Å². The largest absolute Gasteiger partial charge is 0.508 e. The highest BCUT2D eigenvalue weighted by atomic mass is 16.5. The molecule has 2 fully saturated rings. The predicted molar refractivity (Wildman–Crippen MR) is 119 cm³/mol. The number of allylic oxidation sites excluding steroid dienone is 1. The number of carbonyl (C=O) groups excluding carboxylic acids is 3. The molecular weight excluding hydrogens is 426 g/mol. The monoisotopic (exact) mass is 455 g/mol. The maximum atomic E-state index is 13.0. The minimum atomic E-state index is -0.933. The highest BCUT2D eigenvalue weighted by Crippen LogP contribution is 2.50. The number of likely N-dealkylation sites (tertiary alicyclic amines) is 1. The third-order valence-electron chi connectivity index (χ3n) is 6.77. The number of phenols is 1. The fourth-order valence-electron chi connectivity index (χ4n) is 5.38. The van der Waals surface area contributed by atoms with Gasteiger partial charge in [-0.2, -0.15) is 4.90 Å². The van der Waals surface area contributed by atoms with Crippen LogP contribution in [0.3, 0.4) is 0 Å². The summed E-state index contributed by atoms with van der Waals surface area (Å²) >= 11 is 0. The SMILES string of the molecule is COCC1=C2[C@@H](CC/C(C)=C/c3cccc(O)c3)OC[C@@H]2[C@@H]2C(=O)N(C(=O)OC)C(=O)[C@@H]2C1. The number of rotatable bonds is 6. The third-order valence-corrected chi connectivity index (χ3v) is 6.77. The molecule has 0 bridgehead atoms. The van der Waals surface area contributed by atoms with Crippen LogP contribution in [0.15, 0.2) is 41.0 Å². The summed E-state index contributed by atoms with van der Waals surface area (Å²) in [6, 6.07) is 7.08. The van der Waals surface area contributed by atoms with Gasteiger partial charge in [0.05, 0.1) is 38.3 Å². The summed E-state index contributed by atoms with van der Waals surface area (Å²) in [6.07, 6.45) is 2.79. The minimum Gasteiger partial charge on any atom is -0.508 e. The number of fused-ring (bicyclic) bond motifs is 3. The zero-order valence-corrected chi connectivity index (χ0v) is 19.1. The first kappa shape index (κ1) is 23.2. The maximum absolute atomic E-state index is 13.0. The molecule has 2 saturated heterocycles. The first-order valence-electron chi connectivity index (χ1n) is 11.1. The lowest BCUT2D eigenvalue weighted by Gasteiger charge is -2.31. The summed E-state index contributed by atoms with van der Waals surface area (Å²) in [4.78, 5) is 38.6. The second kappa shape index (κ2) is 9.49. The smallest absolute Gasteiger partial charge is 0.423 e. The van der Waals surface area contributed by atoms with Crippen molar-refractivity contribution in [2.45, 2.75) is 32.3 Å². The van der Waals surface area contributed by atoms with Gasteiger partial charge in [0.2, 0.25) is 11.8 Å². The van der Waals surface area contributed by atoms with E-state index in [0.717, 1.165) is 42.2 Å². The van der Waals surface area contributed by atoms with E-state index in [1.165, 1.54) is 0 Å². The lowest BCUT2D eigenvalue weighted by molar-refractivity contribution is -0.137. The van der Waals surface area contributed by atoms with Crippen LogP contribution in [0.5, 0.6) is 5.75 Å². The lowest BCUT2D eigenvalue weighted by Crippen LogP contribution is -2.38. The van der Waals surface area contributed by atoms with Gasteiger partial charge in [-0.25, -0.2) is 4.79 Å². The number of nitrogens with zero attached hydrogens (tertiary/aromatic N) is 1. The molecule has 0 aromatic heterocycles. The van der Waals surface area contributed by atoms with Gasteiger partial charge in [0.15, 0.2) is 0 Å². The van der Waals surface area contributed by atoms with E-state index in [2.05, 4.69) is 4.74 Å². The van der Waals surface area contributed by atoms with Gasteiger partial charge in [0, 0.05) is 13.0 Å². The van der Waals surface area contributed by atoms with Crippen LogP contribution in [0.4, 0.5) is 4.79 Å². The Hall–Kier alpha value is -2.97. The molecule has 176 valence electrons. The number of imide groups is 3. The second-order valence-electron chi connectivity index (χ2n) is 8.86. The molecule has 8 nitrogen and oxygen atoms in total. The van der Waals surface area contributed by atoms with E-state index < -0.39 is 29.7 Å². The van der Waals surface area contributed by atoms with Crippen molar-refractivity contribution in [1.29, 1.82) is 0 Å². The van der Waals surface area contributed by atoms with Crippen LogP contribution >= 0.6 is 0 Å². The Balaban J connectivity index is 1.54. The number of hydrogen-bond acceptors (Lipinski definition) is 7. The van der Waals surface area contributed by atoms with Crippen molar-refractivity contribution >= 4 is 24.0 Å². The molecule has 1 aliphatic carbocycles. The first-order valence-corrected chi connectivity index (χ1v) is 11.1. The maximum Gasteiger partial charge on any atom is 0.423 e. The van der Waals surface area contributed by atoms with Crippen LogP contribution in [0.2, 0.25) is 0 Å². The van der Waals surface area contributed by atoms with Crippen molar-refractivity contribution in [3.8, 4) is 5.75 Å². The van der Waals surface area contributed by atoms with Crippen molar-refractivity contribution in [2.24, 2.45) is 17.8 Å². The van der Waals surface area contributed by atoms with Gasteiger partial charge < -0.3 is 19.3 Å². The standard InChI is InChI=1S/C25H29NO7/c1-14(9-15-5-4-6-17(27)10-15)7-8-20-21-16(12-31-2)11-18-22(19(21)13-33-20)24(29)26(23(18)28)25(30)32-3/h4-6,9-10,18-20,22,27H,7-8,11-13H2,1-3H3/b14-9+/t18-,19+,20-,22-/m1/s1. The van der Waals surface area contributed by atoms with E-state index in [1.807, 2.05) is 19.1 Å². The van der Waals surface area contributed by atoms with Gasteiger partial charge in [0.25, 0.3) is 0 Å². The van der Waals surface area contributed by atoms with Gasteiger partial charge in [0.1, 0.15) is 5.75 Å². The number of ether oxygens (including phenoxy) is 3. The number of amides is 3. The van der Waals surface area contributed by atoms with Crippen LogP contribution in [-0.4, -0.2) is 61.5 Å². The quantitative estimate of drug-likeness (QED) is 0.519. The van der Waals surface area contributed by atoms with Gasteiger partial charge in [-0.15, -0.1) is 0 Å². The van der Waals surface area contributed by atoms with E-state index in [-0.39, 0.29) is 17.8 Å². The van der Waals surface area contributed by atoms with Gasteiger partial charge in [-0.1, -0.05) is 23.8 Å². The van der Waals surface area contributed by atoms with Crippen molar-refractivity contribution in [3.05, 3.63) is 46.5 Å². The number of hydrogen-bond donors (Lipinski definition) is 1. The fraction of sp³-hybridized carbons (Fsp3) is 0.480. The van der Waals surface area contributed by atoms with Crippen LogP contribution in [0.25, 0.3) is 6.08 Å². The molecule has 2 heterocycles. The summed E-state index contributed by atoms with van der Waals surface area (Å²) < 4.78 is 16.2. The number of phenolic OH excluding ortho intramolecular Hbond substituents is 1. The summed E-state index contributed by atoms with van der Waals surface area (Å²) in [5, 5.41) is 9.67. The Bertz CT molecular complexity index is 1030. The van der Waals surface area contributed by atoms with Gasteiger partial charge >= 0.3 is 6.09 Å². The molecular formula is C25H29NO7. The van der Waals surface area contributed by atoms with Gasteiger partial charge in [-0.3, -0.25) is 9.59 Å². The summed E-state index contributed by atoms with van der Waals surface area (Å²) in [5.74, 6) is -2.23. The average molecular weight is 456 g/mol. The minimum absolute atomic E-state index is 0.177. The molecule has 0 saturated carbocycles. The molecule has 1 N–H and O–H groups in total. The Morgan fingerprint density at radius 3 is 2.73 bits per heavy atom. The average Bonchev–Trinajstić information content (AvgIpc) is 3.31. The Morgan fingerprint density at radius 2 is 2.03 bits per heavy atom. The van der Waals surface area contributed by atoms with Gasteiger partial charge in [-0.05, 0) is 55.0 Å². The topological polar surface area (TPSA) is 102 Å². The summed E-state index contributed by atoms with van der Waals surface area (Å²) in [6.45, 7) is 2.72. The molecule has 3 amide bonds. The van der Waals surface area contributed by atoms with E-state index >= 15 is 0 Å². The first-order chi connectivity index (χ1) is 15.8. The van der Waals surface area contributed by atoms with E-state index in [9.17, 15) is 19.5 Å². The van der Waals surface area contributed by atoms with Crippen LogP contribution in [0, 0.1) is 17.8 Å². The summed E-state index contributed by atoms with van der Waals surface area (Å²) in [5.41, 5.74) is 4.08. The molecule has 4 rings (SSSR count). The molecule has 1 aromatic rings. The molecule has 33 heavy (non-hydrogen) atoms. The molecule has 3 aliphatic rings. The van der Waals surface area contributed by atoms with Crippen molar-refractivity contribution in [1.82, 2.24) is 4.90 Å². The molecule has 0 unspecified atom stereocenters. The molecule has 2 aliphatic heterocycles. The highest BCUT2D eigenvalue weighted by molar-refractivity contribution is 6.16. The zero-order valence-electron chi connectivity index (χ0n) is 19.1.